The number of methoxy groups -OCH3 is 1. The topological polar surface area (TPSA) is 24.5 Å². The summed E-state index contributed by atoms with van der Waals surface area (Å²) < 4.78 is 5.28. The van der Waals surface area contributed by atoms with E-state index in [2.05, 4.69) is 29.3 Å². The number of nitrogens with zero attached hydrogens (tertiary/aromatic N) is 1. The number of hydrogen-bond donors (Lipinski definition) is 1. The molecule has 1 fully saturated rings. The molecule has 1 aromatic carbocycles. The second kappa shape index (κ2) is 5.21. The molecule has 1 saturated heterocycles. The highest BCUT2D eigenvalue weighted by Crippen LogP contribution is 2.27. The largest absolute Gasteiger partial charge is 0.497 e. The summed E-state index contributed by atoms with van der Waals surface area (Å²) in [4.78, 5) is 2.39. The predicted molar refractivity (Wildman–Crippen MR) is 67.2 cm³/mol. The van der Waals surface area contributed by atoms with E-state index in [0.717, 1.165) is 31.9 Å². The van der Waals surface area contributed by atoms with Crippen molar-refractivity contribution in [2.24, 2.45) is 0 Å². The van der Waals surface area contributed by atoms with Crippen LogP contribution in [0, 0.1) is 0 Å². The molecule has 3 heteroatoms. The predicted octanol–water partition coefficient (Wildman–Crippen LogP) is 2.01. The highest BCUT2D eigenvalue weighted by molar-refractivity contribution is 5.57. The van der Waals surface area contributed by atoms with E-state index in [1.807, 2.05) is 6.07 Å². The van der Waals surface area contributed by atoms with Crippen molar-refractivity contribution in [1.82, 2.24) is 5.32 Å². The first-order chi connectivity index (χ1) is 7.85. The van der Waals surface area contributed by atoms with E-state index < -0.39 is 0 Å². The lowest BCUT2D eigenvalue weighted by Gasteiger charge is -2.21. The number of hydrogen-bond acceptors (Lipinski definition) is 3. The van der Waals surface area contributed by atoms with Crippen LogP contribution in [0.15, 0.2) is 18.2 Å². The van der Waals surface area contributed by atoms with Crippen LogP contribution in [0.3, 0.4) is 0 Å². The van der Waals surface area contributed by atoms with Gasteiger partial charge in [0.2, 0.25) is 0 Å². The second-order valence-corrected chi connectivity index (χ2v) is 4.17. The van der Waals surface area contributed by atoms with Crippen molar-refractivity contribution in [3.05, 3.63) is 23.8 Å². The van der Waals surface area contributed by atoms with Gasteiger partial charge in [0.15, 0.2) is 0 Å². The van der Waals surface area contributed by atoms with Gasteiger partial charge in [-0.3, -0.25) is 5.32 Å². The molecule has 1 aliphatic heterocycles. The number of rotatable bonds is 4. The van der Waals surface area contributed by atoms with Crippen molar-refractivity contribution in [3.63, 3.8) is 0 Å². The minimum atomic E-state index is 0.958. The summed E-state index contributed by atoms with van der Waals surface area (Å²) in [5, 5.41) is 3.36. The Morgan fingerprint density at radius 2 is 2.31 bits per heavy atom. The molecule has 3 nitrogen and oxygen atoms in total. The summed E-state index contributed by atoms with van der Waals surface area (Å²) in [6.07, 6.45) is 2.28. The quantitative estimate of drug-likeness (QED) is 0.840. The molecule has 0 radical (unpaired) electrons. The minimum Gasteiger partial charge on any atom is -0.497 e. The highest BCUT2D eigenvalue weighted by Gasteiger charge is 2.15. The second-order valence-electron chi connectivity index (χ2n) is 4.17. The van der Waals surface area contributed by atoms with Crippen LogP contribution in [0.4, 0.5) is 5.69 Å². The molecule has 0 atom stereocenters. The molecule has 0 aromatic heterocycles. The van der Waals surface area contributed by atoms with Gasteiger partial charge in [0.1, 0.15) is 5.75 Å². The summed E-state index contributed by atoms with van der Waals surface area (Å²) in [6, 6.07) is 6.39. The lowest BCUT2D eigenvalue weighted by Crippen LogP contribution is -2.22. The van der Waals surface area contributed by atoms with Crippen LogP contribution in [-0.4, -0.2) is 26.9 Å². The van der Waals surface area contributed by atoms with E-state index in [9.17, 15) is 0 Å². The molecule has 0 spiro atoms. The third-order valence-corrected chi connectivity index (χ3v) is 3.01. The zero-order chi connectivity index (χ0) is 11.4. The fraction of sp³-hybridized carbons (Fsp3) is 0.538. The van der Waals surface area contributed by atoms with Gasteiger partial charge >= 0.3 is 0 Å². The highest BCUT2D eigenvalue weighted by atomic mass is 16.5. The Kier molecular flexibility index (Phi) is 3.67. The Hall–Kier alpha value is -1.22. The molecule has 1 N–H and O–H groups in total. The number of ether oxygens (including phenoxy) is 1. The summed E-state index contributed by atoms with van der Waals surface area (Å²) in [6.45, 7) is 5.36. The zero-order valence-corrected chi connectivity index (χ0v) is 10.1. The number of anilines is 1. The molecule has 0 aliphatic carbocycles. The Morgan fingerprint density at radius 3 is 2.94 bits per heavy atom. The molecule has 1 heterocycles. The van der Waals surface area contributed by atoms with Crippen LogP contribution in [-0.2, 0) is 6.42 Å². The third-order valence-electron chi connectivity index (χ3n) is 3.01. The van der Waals surface area contributed by atoms with E-state index >= 15 is 0 Å². The normalized spacial score (nSPS) is 15.5. The molecule has 2 rings (SSSR count). The van der Waals surface area contributed by atoms with Crippen molar-refractivity contribution in [2.75, 3.05) is 31.8 Å². The van der Waals surface area contributed by atoms with Gasteiger partial charge in [-0.05, 0) is 30.2 Å². The Balaban J connectivity index is 2.27. The third kappa shape index (κ3) is 2.30. The van der Waals surface area contributed by atoms with Gasteiger partial charge in [-0.15, -0.1) is 0 Å². The van der Waals surface area contributed by atoms with Crippen LogP contribution in [0.5, 0.6) is 5.75 Å². The molecular weight excluding hydrogens is 200 g/mol. The molecule has 1 aromatic rings. The summed E-state index contributed by atoms with van der Waals surface area (Å²) in [5.74, 6) is 0.958. The van der Waals surface area contributed by atoms with E-state index in [1.54, 1.807) is 7.11 Å². The molecule has 1 aliphatic rings. The van der Waals surface area contributed by atoms with Gasteiger partial charge in [0, 0.05) is 18.8 Å². The van der Waals surface area contributed by atoms with E-state index in [1.165, 1.54) is 17.7 Å². The van der Waals surface area contributed by atoms with Crippen LogP contribution >= 0.6 is 0 Å². The molecule has 0 saturated carbocycles. The maximum atomic E-state index is 5.28. The van der Waals surface area contributed by atoms with Crippen molar-refractivity contribution in [3.8, 4) is 5.75 Å². The van der Waals surface area contributed by atoms with Crippen LogP contribution in [0.1, 0.15) is 18.9 Å². The first-order valence-corrected chi connectivity index (χ1v) is 5.97. The van der Waals surface area contributed by atoms with E-state index in [4.69, 9.17) is 4.74 Å². The molecular formula is C13H20N2O. The zero-order valence-electron chi connectivity index (χ0n) is 10.1. The van der Waals surface area contributed by atoms with Crippen molar-refractivity contribution >= 4 is 5.69 Å². The lowest BCUT2D eigenvalue weighted by molar-refractivity contribution is 0.414. The monoisotopic (exact) mass is 220 g/mol. The first kappa shape index (κ1) is 11.3. The van der Waals surface area contributed by atoms with Gasteiger partial charge in [-0.25, -0.2) is 0 Å². The van der Waals surface area contributed by atoms with E-state index in [-0.39, 0.29) is 0 Å². The van der Waals surface area contributed by atoms with Crippen LogP contribution < -0.4 is 15.0 Å². The summed E-state index contributed by atoms with van der Waals surface area (Å²) in [5.41, 5.74) is 2.75. The molecule has 88 valence electrons. The first-order valence-electron chi connectivity index (χ1n) is 5.97. The average Bonchev–Trinajstić information content (AvgIpc) is 2.83. The van der Waals surface area contributed by atoms with Gasteiger partial charge in [-0.2, -0.15) is 0 Å². The van der Waals surface area contributed by atoms with E-state index in [0.29, 0.717) is 0 Å². The van der Waals surface area contributed by atoms with Crippen molar-refractivity contribution in [1.29, 1.82) is 0 Å². The fourth-order valence-corrected chi connectivity index (χ4v) is 2.18. The Bertz CT molecular complexity index is 346. The summed E-state index contributed by atoms with van der Waals surface area (Å²) in [7, 11) is 1.72. The maximum absolute atomic E-state index is 5.28. The van der Waals surface area contributed by atoms with Gasteiger partial charge in [-0.1, -0.05) is 13.3 Å². The Morgan fingerprint density at radius 1 is 1.44 bits per heavy atom. The van der Waals surface area contributed by atoms with Gasteiger partial charge in [0.05, 0.1) is 13.8 Å². The average molecular weight is 220 g/mol. The van der Waals surface area contributed by atoms with Crippen LogP contribution in [0.25, 0.3) is 0 Å². The standard InChI is InChI=1S/C13H20N2O/c1-3-4-11-9-12(16-2)5-6-13(11)15-8-7-14-10-15/h5-6,9,14H,3-4,7-8,10H2,1-2H3. The fourth-order valence-electron chi connectivity index (χ4n) is 2.18. The van der Waals surface area contributed by atoms with Crippen molar-refractivity contribution < 1.29 is 4.74 Å². The number of benzene rings is 1. The number of nitrogens with one attached hydrogen (secondary N) is 1. The molecule has 0 unspecified atom stereocenters. The number of aryl methyl sites for hydroxylation is 1. The van der Waals surface area contributed by atoms with Crippen LogP contribution in [0.2, 0.25) is 0 Å². The summed E-state index contributed by atoms with van der Waals surface area (Å²) >= 11 is 0. The van der Waals surface area contributed by atoms with Crippen molar-refractivity contribution in [2.45, 2.75) is 19.8 Å². The van der Waals surface area contributed by atoms with Gasteiger partial charge < -0.3 is 9.64 Å². The lowest BCUT2D eigenvalue weighted by atomic mass is 10.1. The smallest absolute Gasteiger partial charge is 0.119 e. The van der Waals surface area contributed by atoms with Gasteiger partial charge in [0.25, 0.3) is 0 Å². The SMILES string of the molecule is CCCc1cc(OC)ccc1N1CCNC1. The minimum absolute atomic E-state index is 0.958. The Labute approximate surface area is 97.4 Å². The molecule has 16 heavy (non-hydrogen) atoms. The maximum Gasteiger partial charge on any atom is 0.119 e. The molecule has 0 amide bonds. The molecule has 0 bridgehead atoms.